The molecule has 0 spiro atoms. The molecule has 1 aliphatic heterocycles. The van der Waals surface area contributed by atoms with Crippen molar-refractivity contribution in [3.63, 3.8) is 0 Å². The smallest absolute Gasteiger partial charge is 0.187 e. The Bertz CT molecular complexity index is 97.1. The second-order valence-electron chi connectivity index (χ2n) is 1.44. The van der Waals surface area contributed by atoms with E-state index in [1.165, 1.54) is 6.34 Å². The van der Waals surface area contributed by atoms with E-state index in [9.17, 15) is 0 Å². The fourth-order valence-corrected chi connectivity index (χ4v) is 0.401. The van der Waals surface area contributed by atoms with Gasteiger partial charge >= 0.3 is 0 Å². The van der Waals surface area contributed by atoms with Gasteiger partial charge in [0.05, 0.1) is 0 Å². The van der Waals surface area contributed by atoms with Crippen LogP contribution >= 0.6 is 0 Å². The lowest BCUT2D eigenvalue weighted by molar-refractivity contribution is 0.0305. The lowest BCUT2D eigenvalue weighted by atomic mass is 10.9. The maximum absolute atomic E-state index is 5.25. The molecular formula is C2H8N6. The molecule has 0 aromatic heterocycles. The maximum atomic E-state index is 5.25. The zero-order chi connectivity index (χ0) is 6.15. The van der Waals surface area contributed by atoms with Gasteiger partial charge in [-0.15, -0.1) is 5.12 Å². The molecule has 0 saturated heterocycles. The van der Waals surface area contributed by atoms with Gasteiger partial charge in [0.25, 0.3) is 0 Å². The van der Waals surface area contributed by atoms with E-state index in [1.54, 1.807) is 0 Å². The maximum Gasteiger partial charge on any atom is 0.187 e. The van der Waals surface area contributed by atoms with Crippen LogP contribution in [-0.2, 0) is 0 Å². The average molecular weight is 116 g/mol. The molecule has 0 amide bonds. The van der Waals surface area contributed by atoms with Crippen molar-refractivity contribution in [2.45, 2.75) is 6.29 Å². The van der Waals surface area contributed by atoms with Crippen molar-refractivity contribution < 1.29 is 0 Å². The van der Waals surface area contributed by atoms with Crippen molar-refractivity contribution in [1.82, 2.24) is 10.2 Å². The molecular weight excluding hydrogens is 108 g/mol. The Hall–Kier alpha value is -0.690. The largest absolute Gasteiger partial charge is 0.295 e. The highest BCUT2D eigenvalue weighted by Crippen LogP contribution is 1.94. The third kappa shape index (κ3) is 0.651. The van der Waals surface area contributed by atoms with Gasteiger partial charge in [-0.1, -0.05) is 0 Å². The van der Waals surface area contributed by atoms with E-state index in [4.69, 9.17) is 17.4 Å². The van der Waals surface area contributed by atoms with Crippen molar-refractivity contribution in [3.05, 3.63) is 0 Å². The molecule has 0 aliphatic carbocycles. The Kier molecular flexibility index (Phi) is 1.14. The average Bonchev–Trinajstić information content (AvgIpc) is 1.98. The van der Waals surface area contributed by atoms with Crippen LogP contribution in [0, 0.1) is 0 Å². The Morgan fingerprint density at radius 3 is 2.25 bits per heavy atom. The van der Waals surface area contributed by atoms with Crippen molar-refractivity contribution in [3.8, 4) is 0 Å². The molecule has 1 aliphatic rings. The Morgan fingerprint density at radius 2 is 2.12 bits per heavy atom. The van der Waals surface area contributed by atoms with E-state index in [0.717, 1.165) is 10.2 Å². The summed E-state index contributed by atoms with van der Waals surface area (Å²) in [7, 11) is 0. The highest BCUT2D eigenvalue weighted by atomic mass is 15.9. The van der Waals surface area contributed by atoms with Crippen molar-refractivity contribution in [1.29, 1.82) is 0 Å². The minimum atomic E-state index is -0.528. The molecule has 1 rings (SSSR count). The Labute approximate surface area is 46.4 Å². The molecule has 6 N–H and O–H groups in total. The number of nitrogens with two attached hydrogens (primary N) is 3. The minimum absolute atomic E-state index is 0.528. The Morgan fingerprint density at radius 1 is 1.50 bits per heavy atom. The summed E-state index contributed by atoms with van der Waals surface area (Å²) in [6.45, 7) is 0. The van der Waals surface area contributed by atoms with Gasteiger partial charge in [-0.2, -0.15) is 0 Å². The summed E-state index contributed by atoms with van der Waals surface area (Å²) in [6, 6.07) is 0. The monoisotopic (exact) mass is 116 g/mol. The van der Waals surface area contributed by atoms with E-state index >= 15 is 0 Å². The summed E-state index contributed by atoms with van der Waals surface area (Å²) in [6.07, 6.45) is 0.824. The van der Waals surface area contributed by atoms with E-state index in [2.05, 4.69) is 4.99 Å². The molecule has 46 valence electrons. The fraction of sp³-hybridized carbons (Fsp3) is 0.500. The second-order valence-corrected chi connectivity index (χ2v) is 1.44. The minimum Gasteiger partial charge on any atom is -0.295 e. The van der Waals surface area contributed by atoms with E-state index < -0.39 is 6.29 Å². The summed E-state index contributed by atoms with van der Waals surface area (Å²) in [5, 5.41) is 2.23. The standard InChI is InChI=1S/C2H8N6/c3-2-6-1-7(4)8(2)5/h1-2H,3-5H2. The second kappa shape index (κ2) is 1.67. The highest BCUT2D eigenvalue weighted by Gasteiger charge is 2.17. The van der Waals surface area contributed by atoms with Crippen LogP contribution in [0.3, 0.4) is 0 Å². The molecule has 0 aromatic carbocycles. The normalized spacial score (nSPS) is 29.9. The van der Waals surface area contributed by atoms with Crippen LogP contribution in [0.1, 0.15) is 0 Å². The van der Waals surface area contributed by atoms with Gasteiger partial charge in [0, 0.05) is 0 Å². The number of aliphatic imine (C=N–C) groups is 1. The van der Waals surface area contributed by atoms with Gasteiger partial charge < -0.3 is 0 Å². The number of hydrogen-bond donors (Lipinski definition) is 3. The SMILES string of the molecule is NC1N=CN(N)N1N. The molecule has 0 fully saturated rings. The third-order valence-corrected chi connectivity index (χ3v) is 0.875. The van der Waals surface area contributed by atoms with Crippen LogP contribution in [0.15, 0.2) is 4.99 Å². The molecule has 6 nitrogen and oxygen atoms in total. The Balaban J connectivity index is 2.55. The van der Waals surface area contributed by atoms with Gasteiger partial charge in [-0.05, 0) is 0 Å². The lowest BCUT2D eigenvalue weighted by Crippen LogP contribution is -2.53. The van der Waals surface area contributed by atoms with Crippen LogP contribution in [0.25, 0.3) is 0 Å². The quantitative estimate of drug-likeness (QED) is 0.305. The van der Waals surface area contributed by atoms with Crippen LogP contribution in [0.4, 0.5) is 0 Å². The molecule has 0 aromatic rings. The van der Waals surface area contributed by atoms with Gasteiger partial charge in [-0.3, -0.25) is 5.73 Å². The molecule has 8 heavy (non-hydrogen) atoms. The fourth-order valence-electron chi connectivity index (χ4n) is 0.401. The summed E-state index contributed by atoms with van der Waals surface area (Å²) in [4.78, 5) is 3.65. The van der Waals surface area contributed by atoms with Crippen molar-refractivity contribution >= 4 is 6.34 Å². The molecule has 1 unspecified atom stereocenters. The first-order chi connectivity index (χ1) is 3.72. The van der Waals surface area contributed by atoms with Crippen molar-refractivity contribution in [2.24, 2.45) is 22.4 Å². The predicted octanol–water partition coefficient (Wildman–Crippen LogP) is -2.46. The lowest BCUT2D eigenvalue weighted by Gasteiger charge is -2.19. The van der Waals surface area contributed by atoms with Crippen LogP contribution in [-0.4, -0.2) is 22.9 Å². The summed E-state index contributed by atoms with van der Waals surface area (Å²) in [5.74, 6) is 10.4. The first kappa shape index (κ1) is 5.45. The van der Waals surface area contributed by atoms with E-state index in [1.807, 2.05) is 0 Å². The van der Waals surface area contributed by atoms with E-state index in [-0.39, 0.29) is 0 Å². The predicted molar refractivity (Wildman–Crippen MR) is 28.5 cm³/mol. The van der Waals surface area contributed by atoms with Gasteiger partial charge in [-0.25, -0.2) is 21.8 Å². The number of hydrogen-bond acceptors (Lipinski definition) is 6. The van der Waals surface area contributed by atoms with Gasteiger partial charge in [0.1, 0.15) is 6.34 Å². The highest BCUT2D eigenvalue weighted by molar-refractivity contribution is 5.55. The third-order valence-electron chi connectivity index (χ3n) is 0.875. The summed E-state index contributed by atoms with van der Waals surface area (Å²) in [5.41, 5.74) is 5.25. The molecule has 1 atom stereocenters. The number of rotatable bonds is 0. The van der Waals surface area contributed by atoms with Crippen LogP contribution < -0.4 is 17.4 Å². The molecule has 0 bridgehead atoms. The molecule has 6 heteroatoms. The molecule has 0 radical (unpaired) electrons. The summed E-state index contributed by atoms with van der Waals surface area (Å²) < 4.78 is 0. The van der Waals surface area contributed by atoms with Crippen molar-refractivity contribution in [2.75, 3.05) is 0 Å². The van der Waals surface area contributed by atoms with Gasteiger partial charge in [0.2, 0.25) is 0 Å². The number of hydrazine groups is 3. The van der Waals surface area contributed by atoms with Gasteiger partial charge in [0.15, 0.2) is 6.29 Å². The first-order valence-corrected chi connectivity index (χ1v) is 2.08. The molecule has 0 saturated carbocycles. The molecule has 1 heterocycles. The number of nitrogens with zero attached hydrogens (tertiary/aromatic N) is 3. The summed E-state index contributed by atoms with van der Waals surface area (Å²) >= 11 is 0. The topological polar surface area (TPSA) is 96.9 Å². The van der Waals surface area contributed by atoms with Crippen LogP contribution in [0.2, 0.25) is 0 Å². The zero-order valence-corrected chi connectivity index (χ0v) is 4.23. The zero-order valence-electron chi connectivity index (χ0n) is 4.23. The van der Waals surface area contributed by atoms with Crippen LogP contribution in [0.5, 0.6) is 0 Å². The van der Waals surface area contributed by atoms with E-state index in [0.29, 0.717) is 0 Å². The first-order valence-electron chi connectivity index (χ1n) is 2.08.